The highest BCUT2D eigenvalue weighted by Crippen LogP contribution is 2.28. The van der Waals surface area contributed by atoms with Crippen molar-refractivity contribution in [3.8, 4) is 34.5 Å². The molecule has 0 radical (unpaired) electrons. The van der Waals surface area contributed by atoms with Gasteiger partial charge in [-0.05, 0) is 173 Å². The molecule has 0 unspecified atom stereocenters. The fourth-order valence-electron chi connectivity index (χ4n) is 6.90. The fraction of sp³-hybridized carbons (Fsp3) is 0.293. The predicted octanol–water partition coefficient (Wildman–Crippen LogP) is 10.7. The summed E-state index contributed by atoms with van der Waals surface area (Å²) in [5.41, 5.74) is 2.15. The van der Waals surface area contributed by atoms with Gasteiger partial charge in [-0.3, -0.25) is 14.4 Å². The van der Waals surface area contributed by atoms with Gasteiger partial charge in [0, 0.05) is 25.0 Å². The quantitative estimate of drug-likeness (QED) is 0.0134. The Bertz CT molecular complexity index is 2630. The van der Waals surface area contributed by atoms with Crippen molar-refractivity contribution >= 4 is 41.6 Å². The zero-order valence-corrected chi connectivity index (χ0v) is 41.0. The molecule has 0 saturated carbocycles. The summed E-state index contributed by atoms with van der Waals surface area (Å²) in [5, 5.41) is 0. The molecule has 15 nitrogen and oxygen atoms in total. The molecule has 73 heavy (non-hydrogen) atoms. The fourth-order valence-corrected chi connectivity index (χ4v) is 6.90. The van der Waals surface area contributed by atoms with E-state index in [4.69, 9.17) is 37.9 Å². The number of Topliss-reactive ketones (excluding diaryl/α,β-unsaturated/α-hetero) is 1. The van der Waals surface area contributed by atoms with Gasteiger partial charge in [0.05, 0.1) is 43.1 Å². The van der Waals surface area contributed by atoms with Crippen LogP contribution >= 0.6 is 0 Å². The van der Waals surface area contributed by atoms with Crippen molar-refractivity contribution in [2.45, 2.75) is 84.0 Å². The number of carbonyl (C=O) groups is 7. The lowest BCUT2D eigenvalue weighted by Gasteiger charge is -2.11. The molecule has 0 bridgehead atoms. The van der Waals surface area contributed by atoms with Crippen molar-refractivity contribution in [2.75, 3.05) is 26.4 Å². The molecule has 0 saturated heterocycles. The maximum atomic E-state index is 13.1. The van der Waals surface area contributed by atoms with Gasteiger partial charge in [0.1, 0.15) is 34.5 Å². The molecule has 5 aromatic carbocycles. The Morgan fingerprint density at radius 1 is 0.425 bits per heavy atom. The van der Waals surface area contributed by atoms with Gasteiger partial charge >= 0.3 is 35.8 Å². The van der Waals surface area contributed by atoms with Crippen molar-refractivity contribution in [1.82, 2.24) is 0 Å². The van der Waals surface area contributed by atoms with Gasteiger partial charge in [-0.25, -0.2) is 19.2 Å². The Balaban J connectivity index is 0.986. The van der Waals surface area contributed by atoms with Crippen LogP contribution in [-0.4, -0.2) is 68.0 Å². The van der Waals surface area contributed by atoms with E-state index in [0.29, 0.717) is 39.3 Å². The SMILES string of the molecule is C=CC(=O)OCCCCCCOc1ccc(CCC(=O)Oc2ccc(C(=O)Oc3ccc(OC(=O)c4ccc(OC(=O)CCc5ccc(OCCCCCCOC(=O)C=C)cc5)cc4)c(C(C)=O)c3)cc2)cc1. The van der Waals surface area contributed by atoms with Crippen molar-refractivity contribution in [2.24, 2.45) is 0 Å². The Morgan fingerprint density at radius 3 is 1.22 bits per heavy atom. The first kappa shape index (κ1) is 55.6. The van der Waals surface area contributed by atoms with Crippen LogP contribution in [0.15, 0.2) is 141 Å². The van der Waals surface area contributed by atoms with E-state index in [-0.39, 0.29) is 52.5 Å². The summed E-state index contributed by atoms with van der Waals surface area (Å²) in [7, 11) is 0. The van der Waals surface area contributed by atoms with Crippen LogP contribution in [0.3, 0.4) is 0 Å². The summed E-state index contributed by atoms with van der Waals surface area (Å²) in [4.78, 5) is 86.1. The zero-order chi connectivity index (χ0) is 52.2. The van der Waals surface area contributed by atoms with Gasteiger partial charge in [0.15, 0.2) is 5.78 Å². The number of hydrogen-bond acceptors (Lipinski definition) is 15. The highest BCUT2D eigenvalue weighted by molar-refractivity contribution is 6.00. The van der Waals surface area contributed by atoms with E-state index in [1.54, 1.807) is 0 Å². The van der Waals surface area contributed by atoms with E-state index in [1.165, 1.54) is 73.7 Å². The molecule has 15 heteroatoms. The highest BCUT2D eigenvalue weighted by Gasteiger charge is 2.18. The van der Waals surface area contributed by atoms with Gasteiger partial charge in [-0.2, -0.15) is 0 Å². The van der Waals surface area contributed by atoms with E-state index in [0.717, 1.165) is 86.1 Å². The molecule has 0 heterocycles. The summed E-state index contributed by atoms with van der Waals surface area (Å²) in [6, 6.07) is 30.6. The molecule has 0 aliphatic heterocycles. The van der Waals surface area contributed by atoms with Gasteiger partial charge < -0.3 is 37.9 Å². The van der Waals surface area contributed by atoms with Gasteiger partial charge in [0.2, 0.25) is 0 Å². The maximum absolute atomic E-state index is 13.1. The number of ether oxygens (including phenoxy) is 8. The molecule has 0 amide bonds. The minimum atomic E-state index is -0.774. The molecular weight excluding hydrogens is 937 g/mol. The summed E-state index contributed by atoms with van der Waals surface area (Å²) in [5.74, 6) is -1.78. The molecule has 0 atom stereocenters. The standard InChI is InChI=1S/C58H60O15/c1-4-53(60)68-38-12-8-6-10-36-66-46-24-14-42(15-25-46)18-34-55(62)70-48-28-20-44(21-29-48)57(64)72-50-32-33-52(51(40-50)41(3)59)73-58(65)45-22-30-49(31-23-45)71-56(63)35-19-43-16-26-47(27-17-43)67-37-11-7-9-13-39-69-54(61)5-2/h4-5,14-17,20-33,40H,1-2,6-13,18-19,34-39H2,3H3. The normalized spacial score (nSPS) is 10.5. The molecular formula is C58H60O15. The smallest absolute Gasteiger partial charge is 0.343 e. The van der Waals surface area contributed by atoms with Crippen LogP contribution in [-0.2, 0) is 41.5 Å². The maximum Gasteiger partial charge on any atom is 0.343 e. The van der Waals surface area contributed by atoms with Crippen molar-refractivity contribution in [3.05, 3.63) is 168 Å². The number of unbranched alkanes of at least 4 members (excludes halogenated alkanes) is 6. The summed E-state index contributed by atoms with van der Waals surface area (Å²) in [6.45, 7) is 9.90. The van der Waals surface area contributed by atoms with Gasteiger partial charge in [-0.1, -0.05) is 37.4 Å². The molecule has 0 N–H and O–H groups in total. The summed E-state index contributed by atoms with van der Waals surface area (Å²) in [6.07, 6.45) is 10.5. The van der Waals surface area contributed by atoms with E-state index >= 15 is 0 Å². The number of aryl methyl sites for hydroxylation is 2. The minimum absolute atomic E-state index is 0.00258. The minimum Gasteiger partial charge on any atom is -0.494 e. The van der Waals surface area contributed by atoms with Crippen LogP contribution in [0.4, 0.5) is 0 Å². The first-order valence-corrected chi connectivity index (χ1v) is 24.1. The van der Waals surface area contributed by atoms with E-state index < -0.39 is 41.6 Å². The Kier molecular flexibility index (Phi) is 23.2. The molecule has 5 aromatic rings. The second-order valence-electron chi connectivity index (χ2n) is 16.5. The van der Waals surface area contributed by atoms with Crippen molar-refractivity contribution in [1.29, 1.82) is 0 Å². The number of hydrogen-bond donors (Lipinski definition) is 0. The molecule has 0 aromatic heterocycles. The third kappa shape index (κ3) is 20.5. The van der Waals surface area contributed by atoms with Crippen LogP contribution in [0, 0.1) is 0 Å². The van der Waals surface area contributed by atoms with Crippen LogP contribution in [0.2, 0.25) is 0 Å². The van der Waals surface area contributed by atoms with Crippen LogP contribution in [0.5, 0.6) is 34.5 Å². The number of carbonyl (C=O) groups excluding carboxylic acids is 7. The van der Waals surface area contributed by atoms with E-state index in [9.17, 15) is 33.6 Å². The first-order valence-electron chi connectivity index (χ1n) is 24.1. The largest absolute Gasteiger partial charge is 0.494 e. The lowest BCUT2D eigenvalue weighted by atomic mass is 10.1. The lowest BCUT2D eigenvalue weighted by Crippen LogP contribution is -2.13. The monoisotopic (exact) mass is 996 g/mol. The highest BCUT2D eigenvalue weighted by atomic mass is 16.6. The molecule has 0 aliphatic rings. The Hall–Kier alpha value is -8.33. The summed E-state index contributed by atoms with van der Waals surface area (Å²) >= 11 is 0. The third-order valence-electron chi connectivity index (χ3n) is 10.9. The average Bonchev–Trinajstić information content (AvgIpc) is 3.40. The third-order valence-corrected chi connectivity index (χ3v) is 10.9. The Morgan fingerprint density at radius 2 is 0.808 bits per heavy atom. The van der Waals surface area contributed by atoms with Crippen LogP contribution in [0.1, 0.15) is 113 Å². The Labute approximate surface area is 425 Å². The molecule has 5 rings (SSSR count). The topological polar surface area (TPSA) is 193 Å². The second-order valence-corrected chi connectivity index (χ2v) is 16.5. The predicted molar refractivity (Wildman–Crippen MR) is 270 cm³/mol. The lowest BCUT2D eigenvalue weighted by molar-refractivity contribution is -0.138. The first-order chi connectivity index (χ1) is 35.4. The molecule has 0 spiro atoms. The van der Waals surface area contributed by atoms with Crippen molar-refractivity contribution < 1.29 is 71.5 Å². The summed E-state index contributed by atoms with van der Waals surface area (Å²) < 4.78 is 43.5. The van der Waals surface area contributed by atoms with Crippen LogP contribution < -0.4 is 28.4 Å². The molecule has 0 aliphatic carbocycles. The van der Waals surface area contributed by atoms with E-state index in [1.807, 2.05) is 48.5 Å². The number of ketones is 1. The number of benzene rings is 5. The second kappa shape index (κ2) is 30.4. The molecule has 382 valence electrons. The van der Waals surface area contributed by atoms with Gasteiger partial charge in [0.25, 0.3) is 0 Å². The van der Waals surface area contributed by atoms with Crippen molar-refractivity contribution in [3.63, 3.8) is 0 Å². The van der Waals surface area contributed by atoms with Crippen LogP contribution in [0.25, 0.3) is 0 Å². The van der Waals surface area contributed by atoms with Gasteiger partial charge in [-0.15, -0.1) is 0 Å². The number of rotatable bonds is 31. The average molecular weight is 997 g/mol. The number of esters is 6. The zero-order valence-electron chi connectivity index (χ0n) is 41.0. The van der Waals surface area contributed by atoms with E-state index in [2.05, 4.69) is 13.2 Å². The molecule has 0 fully saturated rings.